The van der Waals surface area contributed by atoms with Gasteiger partial charge in [0.1, 0.15) is 0 Å². The van der Waals surface area contributed by atoms with E-state index in [9.17, 15) is 9.90 Å². The van der Waals surface area contributed by atoms with Gasteiger partial charge in [-0.2, -0.15) is 5.26 Å². The maximum absolute atomic E-state index is 13.0. The summed E-state index contributed by atoms with van der Waals surface area (Å²) in [5.41, 5.74) is 1.97. The number of rotatable bonds is 6. The average Bonchev–Trinajstić information content (AvgIpc) is 3.06. The van der Waals surface area contributed by atoms with E-state index in [1.165, 1.54) is 0 Å². The third-order valence-corrected chi connectivity index (χ3v) is 4.90. The number of anilines is 1. The zero-order valence-electron chi connectivity index (χ0n) is 14.8. The van der Waals surface area contributed by atoms with Crippen LogP contribution in [0.2, 0.25) is 0 Å². The fraction of sp³-hybridized carbons (Fsp3) is 0.579. The first-order valence-electron chi connectivity index (χ1n) is 8.61. The second kappa shape index (κ2) is 8.27. The number of hydrogen-bond donors (Lipinski definition) is 1. The quantitative estimate of drug-likeness (QED) is 0.870. The van der Waals surface area contributed by atoms with Gasteiger partial charge in [0, 0.05) is 18.8 Å². The van der Waals surface area contributed by atoms with E-state index in [1.807, 2.05) is 45.0 Å². The molecule has 1 aliphatic heterocycles. The molecule has 1 saturated heterocycles. The van der Waals surface area contributed by atoms with Gasteiger partial charge in [-0.15, -0.1) is 0 Å². The van der Waals surface area contributed by atoms with Gasteiger partial charge in [0.15, 0.2) is 0 Å². The van der Waals surface area contributed by atoms with E-state index >= 15 is 0 Å². The predicted molar refractivity (Wildman–Crippen MR) is 94.6 cm³/mol. The number of amides is 1. The van der Waals surface area contributed by atoms with Crippen molar-refractivity contribution in [2.45, 2.75) is 45.8 Å². The summed E-state index contributed by atoms with van der Waals surface area (Å²) in [5, 5.41) is 18.7. The Labute approximate surface area is 144 Å². The van der Waals surface area contributed by atoms with E-state index in [2.05, 4.69) is 11.0 Å². The zero-order valence-corrected chi connectivity index (χ0v) is 14.8. The predicted octanol–water partition coefficient (Wildman–Crippen LogP) is 2.33. The Bertz CT molecular complexity index is 592. The number of aliphatic hydroxyl groups excluding tert-OH is 1. The molecule has 24 heavy (non-hydrogen) atoms. The molecule has 1 aliphatic rings. The molecule has 1 heterocycles. The van der Waals surface area contributed by atoms with Crippen molar-refractivity contribution >= 4 is 11.6 Å². The first-order chi connectivity index (χ1) is 11.4. The van der Waals surface area contributed by atoms with E-state index in [0.29, 0.717) is 13.0 Å². The highest BCUT2D eigenvalue weighted by atomic mass is 16.3. The summed E-state index contributed by atoms with van der Waals surface area (Å²) in [7, 11) is 0. The molecule has 0 aliphatic carbocycles. The van der Waals surface area contributed by atoms with Crippen molar-refractivity contribution in [2.24, 2.45) is 5.92 Å². The lowest BCUT2D eigenvalue weighted by atomic mass is 10.0. The van der Waals surface area contributed by atoms with Crippen LogP contribution < -0.4 is 4.90 Å². The fourth-order valence-corrected chi connectivity index (χ4v) is 3.20. The number of nitrogens with zero attached hydrogens (tertiary/aromatic N) is 3. The zero-order chi connectivity index (χ0) is 17.7. The maximum Gasteiger partial charge on any atom is 0.244 e. The molecule has 1 aromatic rings. The molecule has 0 spiro atoms. The Morgan fingerprint density at radius 1 is 1.42 bits per heavy atom. The molecule has 3 unspecified atom stereocenters. The molecule has 3 atom stereocenters. The molecule has 5 nitrogen and oxygen atoms in total. The third-order valence-electron chi connectivity index (χ3n) is 4.90. The molecule has 130 valence electrons. The molecule has 0 bridgehead atoms. The number of hydrogen-bond acceptors (Lipinski definition) is 4. The smallest absolute Gasteiger partial charge is 0.244 e. The number of aryl methyl sites for hydroxylation is 1. The minimum Gasteiger partial charge on any atom is -0.393 e. The van der Waals surface area contributed by atoms with Crippen LogP contribution in [0.5, 0.6) is 0 Å². The summed E-state index contributed by atoms with van der Waals surface area (Å²) in [6.07, 6.45) is 0.879. The minimum absolute atomic E-state index is 0.0142. The van der Waals surface area contributed by atoms with Crippen molar-refractivity contribution in [1.29, 1.82) is 5.26 Å². The van der Waals surface area contributed by atoms with E-state index in [1.54, 1.807) is 4.90 Å². The molecule has 1 N–H and O–H groups in total. The van der Waals surface area contributed by atoms with Gasteiger partial charge in [-0.05, 0) is 51.8 Å². The summed E-state index contributed by atoms with van der Waals surface area (Å²) in [5.74, 6) is 0.243. The number of nitriles is 1. The van der Waals surface area contributed by atoms with Crippen LogP contribution in [0.15, 0.2) is 24.3 Å². The van der Waals surface area contributed by atoms with Crippen molar-refractivity contribution in [1.82, 2.24) is 4.90 Å². The molecule has 0 radical (unpaired) electrons. The normalized spacial score (nSPS) is 20.4. The Kier molecular flexibility index (Phi) is 6.36. The van der Waals surface area contributed by atoms with Crippen LogP contribution in [0.1, 0.15) is 32.3 Å². The summed E-state index contributed by atoms with van der Waals surface area (Å²) >= 11 is 0. The summed E-state index contributed by atoms with van der Waals surface area (Å²) in [6, 6.07) is 9.69. The summed E-state index contributed by atoms with van der Waals surface area (Å²) in [4.78, 5) is 16.9. The van der Waals surface area contributed by atoms with E-state index in [4.69, 9.17) is 5.26 Å². The highest BCUT2D eigenvalue weighted by Gasteiger charge is 2.33. The Balaban J connectivity index is 2.12. The van der Waals surface area contributed by atoms with Crippen LogP contribution in [-0.2, 0) is 4.79 Å². The van der Waals surface area contributed by atoms with Gasteiger partial charge in [0.2, 0.25) is 5.91 Å². The van der Waals surface area contributed by atoms with Gasteiger partial charge >= 0.3 is 0 Å². The van der Waals surface area contributed by atoms with Crippen LogP contribution in [0.3, 0.4) is 0 Å². The SMILES string of the molecule is Cc1ccc(N(CCC#N)C(=O)C(C)N2CCC(C(C)O)C2)cc1. The van der Waals surface area contributed by atoms with Crippen molar-refractivity contribution in [2.75, 3.05) is 24.5 Å². The minimum atomic E-state index is -0.343. The fourth-order valence-electron chi connectivity index (χ4n) is 3.20. The number of benzene rings is 1. The Morgan fingerprint density at radius 2 is 2.08 bits per heavy atom. The Morgan fingerprint density at radius 3 is 2.62 bits per heavy atom. The Hall–Kier alpha value is -1.90. The van der Waals surface area contributed by atoms with Crippen molar-refractivity contribution in [3.63, 3.8) is 0 Å². The largest absolute Gasteiger partial charge is 0.393 e. The second-order valence-corrected chi connectivity index (χ2v) is 6.69. The van der Waals surface area contributed by atoms with E-state index < -0.39 is 0 Å². The lowest BCUT2D eigenvalue weighted by Gasteiger charge is -2.30. The van der Waals surface area contributed by atoms with Gasteiger partial charge in [-0.1, -0.05) is 17.7 Å². The first kappa shape index (κ1) is 18.4. The molecule has 0 saturated carbocycles. The standard InChI is InChI=1S/C19H27N3O2/c1-14-5-7-18(8-6-14)22(11-4-10-20)19(24)15(2)21-12-9-17(13-21)16(3)23/h5-8,15-17,23H,4,9,11-13H2,1-3H3. The first-order valence-corrected chi connectivity index (χ1v) is 8.61. The average molecular weight is 329 g/mol. The lowest BCUT2D eigenvalue weighted by Crippen LogP contribution is -2.47. The molecule has 1 amide bonds. The topological polar surface area (TPSA) is 67.6 Å². The molecular formula is C19H27N3O2. The molecule has 2 rings (SSSR count). The van der Waals surface area contributed by atoms with Crippen molar-refractivity contribution < 1.29 is 9.90 Å². The van der Waals surface area contributed by atoms with Crippen LogP contribution in [0.4, 0.5) is 5.69 Å². The van der Waals surface area contributed by atoms with Gasteiger partial charge < -0.3 is 10.0 Å². The van der Waals surface area contributed by atoms with Gasteiger partial charge in [0.05, 0.1) is 24.6 Å². The highest BCUT2D eigenvalue weighted by molar-refractivity contribution is 5.97. The van der Waals surface area contributed by atoms with Gasteiger partial charge in [-0.25, -0.2) is 0 Å². The number of carbonyl (C=O) groups is 1. The summed E-state index contributed by atoms with van der Waals surface area (Å²) < 4.78 is 0. The monoisotopic (exact) mass is 329 g/mol. The van der Waals surface area contributed by atoms with Gasteiger partial charge in [-0.3, -0.25) is 9.69 Å². The van der Waals surface area contributed by atoms with E-state index in [0.717, 1.165) is 30.8 Å². The highest BCUT2D eigenvalue weighted by Crippen LogP contribution is 2.24. The van der Waals surface area contributed by atoms with Crippen LogP contribution >= 0.6 is 0 Å². The number of aliphatic hydroxyl groups is 1. The maximum atomic E-state index is 13.0. The van der Waals surface area contributed by atoms with Gasteiger partial charge in [0.25, 0.3) is 0 Å². The number of carbonyl (C=O) groups excluding carboxylic acids is 1. The second-order valence-electron chi connectivity index (χ2n) is 6.69. The van der Waals surface area contributed by atoms with Crippen molar-refractivity contribution in [3.05, 3.63) is 29.8 Å². The van der Waals surface area contributed by atoms with Crippen molar-refractivity contribution in [3.8, 4) is 6.07 Å². The van der Waals surface area contributed by atoms with Crippen LogP contribution in [-0.4, -0.2) is 47.7 Å². The third kappa shape index (κ3) is 4.34. The molecule has 5 heteroatoms. The molecular weight excluding hydrogens is 302 g/mol. The van der Waals surface area contributed by atoms with Crippen LogP contribution in [0.25, 0.3) is 0 Å². The molecule has 1 fully saturated rings. The van der Waals surface area contributed by atoms with Crippen LogP contribution in [0, 0.1) is 24.2 Å². The molecule has 1 aromatic carbocycles. The lowest BCUT2D eigenvalue weighted by molar-refractivity contribution is -0.123. The molecule has 0 aromatic heterocycles. The number of likely N-dealkylation sites (tertiary alicyclic amines) is 1. The summed E-state index contributed by atoms with van der Waals surface area (Å²) in [6.45, 7) is 7.70. The van der Waals surface area contributed by atoms with E-state index in [-0.39, 0.29) is 24.0 Å².